The minimum Gasteiger partial charge on any atom is -0.479 e. The monoisotopic (exact) mass is 692 g/mol. The van der Waals surface area contributed by atoms with E-state index in [1.54, 1.807) is 23.9 Å². The number of methoxy groups -OCH3 is 1. The number of benzene rings is 1. The van der Waals surface area contributed by atoms with Gasteiger partial charge in [0.05, 0.1) is 12.8 Å². The largest absolute Gasteiger partial charge is 0.479 e. The van der Waals surface area contributed by atoms with Crippen molar-refractivity contribution in [3.63, 3.8) is 0 Å². The van der Waals surface area contributed by atoms with Gasteiger partial charge in [0.25, 0.3) is 5.56 Å². The SMILES string of the molecule is COc1nc(N2CCN(C(=O)NC34CC5CC(CC(C5)C3)C4)CC2)ccc1Nc1ncc2ccc(=O)n(-c3cccc(NCCN(C)C)c3)c2n1. The highest BCUT2D eigenvalue weighted by Gasteiger charge is 2.52. The maximum atomic E-state index is 13.4. The van der Waals surface area contributed by atoms with Gasteiger partial charge < -0.3 is 35.4 Å². The van der Waals surface area contributed by atoms with Gasteiger partial charge in [-0.2, -0.15) is 9.97 Å². The molecular formula is C38H48N10O3. The molecule has 9 rings (SSSR count). The van der Waals surface area contributed by atoms with E-state index in [1.165, 1.54) is 25.3 Å². The molecule has 5 aliphatic rings. The Labute approximate surface area is 298 Å². The van der Waals surface area contributed by atoms with Gasteiger partial charge in [-0.3, -0.25) is 9.36 Å². The summed E-state index contributed by atoms with van der Waals surface area (Å²) in [5.41, 5.74) is 2.54. The molecule has 5 fully saturated rings. The number of fused-ring (bicyclic) bond motifs is 1. The summed E-state index contributed by atoms with van der Waals surface area (Å²) in [5, 5.41) is 10.9. The number of amides is 2. The summed E-state index contributed by atoms with van der Waals surface area (Å²) in [6.45, 7) is 4.33. The molecule has 1 aliphatic heterocycles. The van der Waals surface area contributed by atoms with Crippen molar-refractivity contribution < 1.29 is 9.53 Å². The Morgan fingerprint density at radius 1 is 0.961 bits per heavy atom. The summed E-state index contributed by atoms with van der Waals surface area (Å²) in [4.78, 5) is 47.0. The average Bonchev–Trinajstić information content (AvgIpc) is 3.11. The molecule has 3 aromatic heterocycles. The predicted molar refractivity (Wildman–Crippen MR) is 199 cm³/mol. The zero-order valence-corrected chi connectivity index (χ0v) is 29.8. The second-order valence-electron chi connectivity index (χ2n) is 15.2. The summed E-state index contributed by atoms with van der Waals surface area (Å²) in [5.74, 6) is 3.89. The Balaban J connectivity index is 0.945. The van der Waals surface area contributed by atoms with E-state index in [2.05, 4.69) is 30.7 Å². The van der Waals surface area contributed by atoms with Crippen molar-refractivity contribution >= 4 is 40.2 Å². The van der Waals surface area contributed by atoms with Gasteiger partial charge in [-0.05, 0) is 107 Å². The van der Waals surface area contributed by atoms with Gasteiger partial charge in [0.1, 0.15) is 11.5 Å². The second kappa shape index (κ2) is 13.7. The van der Waals surface area contributed by atoms with Crippen LogP contribution in [0.5, 0.6) is 5.88 Å². The van der Waals surface area contributed by atoms with Gasteiger partial charge in [-0.1, -0.05) is 6.07 Å². The lowest BCUT2D eigenvalue weighted by Crippen LogP contribution is -2.63. The van der Waals surface area contributed by atoms with Crippen molar-refractivity contribution in [2.24, 2.45) is 17.8 Å². The standard InChI is InChI=1S/C38H48N10O3/c1-45(2)12-11-39-29-5-4-6-30(20-29)48-33(49)10-7-28-24-40-36(43-34(28)48)41-31-8-9-32(42-35(31)51-3)46-13-15-47(16-14-46)37(50)44-38-21-25-17-26(22-38)19-27(18-25)23-38/h4-10,20,24-27,39H,11-19,21-23H2,1-3H3,(H,44,50)(H,40,41,43). The molecule has 2 amide bonds. The van der Waals surface area contributed by atoms with Crippen molar-refractivity contribution in [1.29, 1.82) is 0 Å². The predicted octanol–water partition coefficient (Wildman–Crippen LogP) is 4.70. The Hall–Kier alpha value is -4.91. The average molecular weight is 693 g/mol. The first-order chi connectivity index (χ1) is 24.7. The lowest BCUT2D eigenvalue weighted by molar-refractivity contribution is -0.0157. The molecule has 13 heteroatoms. The molecule has 3 N–H and O–H groups in total. The van der Waals surface area contributed by atoms with E-state index in [0.717, 1.165) is 67.0 Å². The van der Waals surface area contributed by atoms with E-state index in [1.807, 2.05) is 55.4 Å². The molecule has 4 aromatic rings. The maximum absolute atomic E-state index is 13.4. The van der Waals surface area contributed by atoms with Crippen LogP contribution in [0.4, 0.5) is 27.9 Å². The summed E-state index contributed by atoms with van der Waals surface area (Å²) < 4.78 is 7.31. The molecule has 268 valence electrons. The molecule has 0 unspecified atom stereocenters. The number of hydrogen-bond acceptors (Lipinski definition) is 10. The van der Waals surface area contributed by atoms with Gasteiger partial charge in [0, 0.05) is 68.1 Å². The number of likely N-dealkylation sites (N-methyl/N-ethyl adjacent to an activating group) is 1. The van der Waals surface area contributed by atoms with Gasteiger partial charge in [0.2, 0.25) is 11.8 Å². The van der Waals surface area contributed by atoms with Crippen LogP contribution in [0.2, 0.25) is 0 Å². The van der Waals surface area contributed by atoms with E-state index in [4.69, 9.17) is 14.7 Å². The quantitative estimate of drug-likeness (QED) is 0.215. The number of anilines is 4. The molecule has 0 spiro atoms. The fourth-order valence-electron chi connectivity index (χ4n) is 9.19. The molecule has 4 heterocycles. The zero-order valence-electron chi connectivity index (χ0n) is 29.8. The van der Waals surface area contributed by atoms with Crippen LogP contribution in [0.15, 0.2) is 59.5 Å². The van der Waals surface area contributed by atoms with E-state index < -0.39 is 0 Å². The van der Waals surface area contributed by atoms with Crippen molar-refractivity contribution in [2.75, 3.05) is 76.0 Å². The topological polar surface area (TPSA) is 133 Å². The lowest BCUT2D eigenvalue weighted by Gasteiger charge is -2.57. The van der Waals surface area contributed by atoms with E-state index >= 15 is 0 Å². The number of piperazine rings is 1. The number of rotatable bonds is 10. The van der Waals surface area contributed by atoms with Crippen molar-refractivity contribution in [2.45, 2.75) is 44.1 Å². The molecule has 4 bridgehead atoms. The zero-order chi connectivity index (χ0) is 35.1. The van der Waals surface area contributed by atoms with E-state index in [0.29, 0.717) is 55.0 Å². The third-order valence-corrected chi connectivity index (χ3v) is 11.2. The van der Waals surface area contributed by atoms with Gasteiger partial charge >= 0.3 is 6.03 Å². The van der Waals surface area contributed by atoms with Crippen molar-refractivity contribution in [3.05, 3.63) is 65.1 Å². The Bertz CT molecular complexity index is 1940. The van der Waals surface area contributed by atoms with Crippen LogP contribution < -0.4 is 31.1 Å². The summed E-state index contributed by atoms with van der Waals surface area (Å²) in [7, 11) is 5.65. The smallest absolute Gasteiger partial charge is 0.317 e. The van der Waals surface area contributed by atoms with Crippen LogP contribution in [0.3, 0.4) is 0 Å². The molecule has 13 nitrogen and oxygen atoms in total. The van der Waals surface area contributed by atoms with Crippen LogP contribution in [0.25, 0.3) is 16.7 Å². The number of nitrogens with zero attached hydrogens (tertiary/aromatic N) is 7. The lowest BCUT2D eigenvalue weighted by atomic mass is 9.53. The normalized spacial score (nSPS) is 23.9. The molecule has 0 radical (unpaired) electrons. The third-order valence-electron chi connectivity index (χ3n) is 11.2. The number of carbonyl (C=O) groups is 1. The molecule has 4 aliphatic carbocycles. The summed E-state index contributed by atoms with van der Waals surface area (Å²) >= 11 is 0. The molecule has 1 saturated heterocycles. The minimum atomic E-state index is -0.188. The maximum Gasteiger partial charge on any atom is 0.317 e. The minimum absolute atomic E-state index is 0.0151. The first kappa shape index (κ1) is 33.2. The number of ether oxygens (including phenoxy) is 1. The van der Waals surface area contributed by atoms with Crippen molar-refractivity contribution in [3.8, 4) is 11.6 Å². The van der Waals surface area contributed by atoms with Gasteiger partial charge in [0.15, 0.2) is 5.65 Å². The fraction of sp³-hybridized carbons (Fsp3) is 0.500. The number of carbonyl (C=O) groups excluding carboxylic acids is 1. The highest BCUT2D eigenvalue weighted by molar-refractivity contribution is 5.78. The Kier molecular flexibility index (Phi) is 8.91. The fourth-order valence-corrected chi connectivity index (χ4v) is 9.19. The van der Waals surface area contributed by atoms with Gasteiger partial charge in [-0.15, -0.1) is 0 Å². The summed E-state index contributed by atoms with van der Waals surface area (Å²) in [6, 6.07) is 15.0. The highest BCUT2D eigenvalue weighted by atomic mass is 16.5. The van der Waals surface area contributed by atoms with E-state index in [9.17, 15) is 9.59 Å². The van der Waals surface area contributed by atoms with Crippen LogP contribution in [-0.4, -0.2) is 101 Å². The number of urea groups is 1. The molecule has 0 atom stereocenters. The number of hydrogen-bond donors (Lipinski definition) is 3. The molecule has 4 saturated carbocycles. The van der Waals surface area contributed by atoms with E-state index in [-0.39, 0.29) is 17.1 Å². The first-order valence-corrected chi connectivity index (χ1v) is 18.3. The molecule has 1 aromatic carbocycles. The van der Waals surface area contributed by atoms with Crippen LogP contribution in [-0.2, 0) is 0 Å². The first-order valence-electron chi connectivity index (χ1n) is 18.3. The highest BCUT2D eigenvalue weighted by Crippen LogP contribution is 2.55. The van der Waals surface area contributed by atoms with Crippen LogP contribution >= 0.6 is 0 Å². The van der Waals surface area contributed by atoms with Crippen LogP contribution in [0.1, 0.15) is 38.5 Å². The summed E-state index contributed by atoms with van der Waals surface area (Å²) in [6.07, 6.45) is 9.25. The number of nitrogens with one attached hydrogen (secondary N) is 3. The third kappa shape index (κ3) is 6.91. The number of aromatic nitrogens is 4. The Morgan fingerprint density at radius 2 is 1.71 bits per heavy atom. The Morgan fingerprint density at radius 3 is 2.41 bits per heavy atom. The molecular weight excluding hydrogens is 644 g/mol. The van der Waals surface area contributed by atoms with Crippen LogP contribution in [0, 0.1) is 17.8 Å². The van der Waals surface area contributed by atoms with Crippen molar-refractivity contribution in [1.82, 2.24) is 34.6 Å². The molecule has 51 heavy (non-hydrogen) atoms. The number of pyridine rings is 2. The van der Waals surface area contributed by atoms with Gasteiger partial charge in [-0.25, -0.2) is 9.78 Å². The second-order valence-corrected chi connectivity index (χ2v) is 15.2.